The number of amides is 2. The number of nitrogens with one attached hydrogen (secondary N) is 2. The highest BCUT2D eigenvalue weighted by Gasteiger charge is 2.16. The van der Waals surface area contributed by atoms with E-state index < -0.39 is 11.7 Å². The Bertz CT molecular complexity index is 323. The number of methoxy groups -OCH3 is 1. The molecule has 0 aliphatic heterocycles. The Balaban J connectivity index is 3.65. The van der Waals surface area contributed by atoms with Gasteiger partial charge in [0, 0.05) is 12.8 Å². The predicted molar refractivity (Wildman–Crippen MR) is 68.0 cm³/mol. The number of carbonyl (C=O) groups is 3. The molecule has 0 aromatic heterocycles. The Morgan fingerprint density at radius 1 is 1.00 bits per heavy atom. The number of hydrazine groups is 1. The lowest BCUT2D eigenvalue weighted by atomic mass is 10.2. The molecule has 0 atom stereocenters. The Kier molecular flexibility index (Phi) is 7.55. The lowest BCUT2D eigenvalue weighted by molar-refractivity contribution is -0.140. The van der Waals surface area contributed by atoms with E-state index in [2.05, 4.69) is 15.6 Å². The first kappa shape index (κ1) is 17.2. The van der Waals surface area contributed by atoms with Crippen LogP contribution in [-0.2, 0) is 19.1 Å². The van der Waals surface area contributed by atoms with Crippen LogP contribution >= 0.6 is 0 Å². The fourth-order valence-corrected chi connectivity index (χ4v) is 1.14. The van der Waals surface area contributed by atoms with E-state index >= 15 is 0 Å². The minimum atomic E-state index is -0.713. The molecule has 0 unspecified atom stereocenters. The summed E-state index contributed by atoms with van der Waals surface area (Å²) in [6.07, 6.45) is 0.884. The minimum Gasteiger partial charge on any atom is -0.469 e. The average Bonchev–Trinajstić information content (AvgIpc) is 2.29. The molecule has 0 spiro atoms. The smallest absolute Gasteiger partial charge is 0.426 e. The first-order chi connectivity index (χ1) is 8.74. The zero-order valence-electron chi connectivity index (χ0n) is 11.9. The minimum absolute atomic E-state index is 0.215. The second-order valence-corrected chi connectivity index (χ2v) is 4.96. The molecule has 0 bridgehead atoms. The molecular formula is C12H22N2O5. The highest BCUT2D eigenvalue weighted by Crippen LogP contribution is 2.06. The van der Waals surface area contributed by atoms with Crippen LogP contribution in [-0.4, -0.2) is 30.7 Å². The van der Waals surface area contributed by atoms with Gasteiger partial charge in [0.15, 0.2) is 0 Å². The van der Waals surface area contributed by atoms with E-state index in [0.717, 1.165) is 0 Å². The summed E-state index contributed by atoms with van der Waals surface area (Å²) in [6.45, 7) is 5.17. The topological polar surface area (TPSA) is 93.7 Å². The van der Waals surface area contributed by atoms with E-state index in [1.54, 1.807) is 20.8 Å². The van der Waals surface area contributed by atoms with Crippen molar-refractivity contribution in [3.8, 4) is 0 Å². The Morgan fingerprint density at radius 2 is 1.58 bits per heavy atom. The van der Waals surface area contributed by atoms with E-state index in [1.807, 2.05) is 0 Å². The third-order valence-electron chi connectivity index (χ3n) is 1.97. The van der Waals surface area contributed by atoms with Gasteiger partial charge in [-0.3, -0.25) is 15.0 Å². The molecule has 0 saturated carbocycles. The lowest BCUT2D eigenvalue weighted by Gasteiger charge is -2.19. The van der Waals surface area contributed by atoms with E-state index in [0.29, 0.717) is 12.8 Å². The molecule has 0 aromatic carbocycles. The molecule has 2 N–H and O–H groups in total. The third kappa shape index (κ3) is 11.1. The van der Waals surface area contributed by atoms with Gasteiger partial charge in [-0.25, -0.2) is 10.2 Å². The molecule has 0 rings (SSSR count). The lowest BCUT2D eigenvalue weighted by Crippen LogP contribution is -2.44. The van der Waals surface area contributed by atoms with Crippen molar-refractivity contribution < 1.29 is 23.9 Å². The second-order valence-electron chi connectivity index (χ2n) is 4.96. The Hall–Kier alpha value is -1.79. The van der Waals surface area contributed by atoms with Crippen molar-refractivity contribution in [3.63, 3.8) is 0 Å². The second kappa shape index (κ2) is 8.34. The van der Waals surface area contributed by atoms with Crippen LogP contribution < -0.4 is 10.9 Å². The van der Waals surface area contributed by atoms with Gasteiger partial charge in [0.2, 0.25) is 5.91 Å². The van der Waals surface area contributed by atoms with Gasteiger partial charge in [-0.05, 0) is 33.6 Å². The molecule has 19 heavy (non-hydrogen) atoms. The summed E-state index contributed by atoms with van der Waals surface area (Å²) in [5.41, 5.74) is 3.76. The quantitative estimate of drug-likeness (QED) is 0.447. The molecule has 7 nitrogen and oxygen atoms in total. The van der Waals surface area contributed by atoms with Crippen LogP contribution in [0.25, 0.3) is 0 Å². The molecule has 110 valence electrons. The monoisotopic (exact) mass is 274 g/mol. The van der Waals surface area contributed by atoms with Crippen LogP contribution in [0.5, 0.6) is 0 Å². The zero-order chi connectivity index (χ0) is 14.9. The number of esters is 1. The maximum atomic E-state index is 11.3. The van der Waals surface area contributed by atoms with Crippen molar-refractivity contribution in [2.75, 3.05) is 7.11 Å². The van der Waals surface area contributed by atoms with Gasteiger partial charge >= 0.3 is 12.1 Å². The van der Waals surface area contributed by atoms with Crippen molar-refractivity contribution in [1.82, 2.24) is 10.9 Å². The summed E-state index contributed by atoms with van der Waals surface area (Å²) >= 11 is 0. The van der Waals surface area contributed by atoms with Gasteiger partial charge in [-0.15, -0.1) is 0 Å². The predicted octanol–water partition coefficient (Wildman–Crippen LogP) is 1.28. The number of hydrogen-bond donors (Lipinski definition) is 2. The maximum Gasteiger partial charge on any atom is 0.426 e. The molecule has 0 fully saturated rings. The van der Waals surface area contributed by atoms with Gasteiger partial charge in [-0.1, -0.05) is 0 Å². The first-order valence-electron chi connectivity index (χ1n) is 6.09. The first-order valence-corrected chi connectivity index (χ1v) is 6.09. The molecule has 0 aromatic rings. The van der Waals surface area contributed by atoms with Gasteiger partial charge in [0.1, 0.15) is 5.60 Å². The van der Waals surface area contributed by atoms with E-state index in [9.17, 15) is 14.4 Å². The van der Waals surface area contributed by atoms with Gasteiger partial charge in [0.05, 0.1) is 7.11 Å². The van der Waals surface area contributed by atoms with Crippen molar-refractivity contribution in [1.29, 1.82) is 0 Å². The highest BCUT2D eigenvalue weighted by atomic mass is 16.6. The Labute approximate surface area is 113 Å². The Morgan fingerprint density at radius 3 is 2.11 bits per heavy atom. The number of ether oxygens (including phenoxy) is 2. The van der Waals surface area contributed by atoms with Crippen molar-refractivity contribution in [2.45, 2.75) is 52.1 Å². The summed E-state index contributed by atoms with van der Waals surface area (Å²) in [5.74, 6) is -0.636. The standard InChI is InChI=1S/C12H22N2O5/c1-12(2,3)19-11(17)14-13-9(15)7-5-6-8-10(16)18-4/h5-8H2,1-4H3,(H,13,15)(H,14,17). The zero-order valence-corrected chi connectivity index (χ0v) is 11.9. The number of rotatable bonds is 5. The van der Waals surface area contributed by atoms with Crippen LogP contribution in [0.2, 0.25) is 0 Å². The molecular weight excluding hydrogens is 252 g/mol. The van der Waals surface area contributed by atoms with Crippen LogP contribution in [0, 0.1) is 0 Å². The van der Waals surface area contributed by atoms with Crippen molar-refractivity contribution in [3.05, 3.63) is 0 Å². The van der Waals surface area contributed by atoms with E-state index in [1.165, 1.54) is 7.11 Å². The molecule has 0 radical (unpaired) electrons. The van der Waals surface area contributed by atoms with Crippen molar-refractivity contribution >= 4 is 18.0 Å². The normalized spacial score (nSPS) is 10.5. The number of carbonyl (C=O) groups excluding carboxylic acids is 3. The van der Waals surface area contributed by atoms with Gasteiger partial charge in [-0.2, -0.15) is 0 Å². The summed E-state index contributed by atoms with van der Waals surface area (Å²) in [5, 5.41) is 0. The van der Waals surface area contributed by atoms with Crippen LogP contribution in [0.1, 0.15) is 46.5 Å². The summed E-state index contributed by atoms with van der Waals surface area (Å²) in [7, 11) is 1.32. The van der Waals surface area contributed by atoms with Crippen molar-refractivity contribution in [2.24, 2.45) is 0 Å². The largest absolute Gasteiger partial charge is 0.469 e. The highest BCUT2D eigenvalue weighted by molar-refractivity contribution is 5.79. The molecule has 0 saturated heterocycles. The maximum absolute atomic E-state index is 11.3. The average molecular weight is 274 g/mol. The summed E-state index contributed by atoms with van der Waals surface area (Å²) < 4.78 is 9.40. The van der Waals surface area contributed by atoms with Crippen LogP contribution in [0.15, 0.2) is 0 Å². The molecule has 2 amide bonds. The molecule has 0 aliphatic rings. The SMILES string of the molecule is COC(=O)CCCCC(=O)NNC(=O)OC(C)(C)C. The molecule has 0 heterocycles. The van der Waals surface area contributed by atoms with Gasteiger partial charge in [0.25, 0.3) is 0 Å². The van der Waals surface area contributed by atoms with Crippen LogP contribution in [0.3, 0.4) is 0 Å². The fourth-order valence-electron chi connectivity index (χ4n) is 1.14. The molecule has 7 heteroatoms. The summed E-state index contributed by atoms with van der Waals surface area (Å²) in [6, 6.07) is 0. The molecule has 0 aliphatic carbocycles. The number of unbranched alkanes of at least 4 members (excludes halogenated alkanes) is 1. The van der Waals surface area contributed by atoms with Crippen LogP contribution in [0.4, 0.5) is 4.79 Å². The van der Waals surface area contributed by atoms with E-state index in [-0.39, 0.29) is 24.7 Å². The van der Waals surface area contributed by atoms with Gasteiger partial charge < -0.3 is 9.47 Å². The number of hydrogen-bond acceptors (Lipinski definition) is 5. The fraction of sp³-hybridized carbons (Fsp3) is 0.750. The summed E-state index contributed by atoms with van der Waals surface area (Å²) in [4.78, 5) is 33.3. The third-order valence-corrected chi connectivity index (χ3v) is 1.97. The van der Waals surface area contributed by atoms with E-state index in [4.69, 9.17) is 4.74 Å².